The van der Waals surface area contributed by atoms with Crippen LogP contribution in [0.4, 0.5) is 0 Å². The molecular weight excluding hydrogens is 185 g/mol. The summed E-state index contributed by atoms with van der Waals surface area (Å²) in [7, 11) is -3.20. The van der Waals surface area contributed by atoms with Crippen molar-refractivity contribution in [3.05, 3.63) is 0 Å². The molecule has 1 radical (unpaired) electrons. The second-order valence-electron chi connectivity index (χ2n) is 2.00. The molecule has 6 heteroatoms. The van der Waals surface area contributed by atoms with Crippen LogP contribution in [0.5, 0.6) is 0 Å². The molecular formula is C4H10ClNNaO2S. The topological polar surface area (TPSA) is 46.2 Å². The van der Waals surface area contributed by atoms with Gasteiger partial charge in [0.05, 0.1) is 0 Å². The van der Waals surface area contributed by atoms with Crippen LogP contribution in [-0.2, 0) is 10.0 Å². The van der Waals surface area contributed by atoms with Gasteiger partial charge in [0.25, 0.3) is 0 Å². The van der Waals surface area contributed by atoms with E-state index in [2.05, 4.69) is 4.72 Å². The van der Waals surface area contributed by atoms with Gasteiger partial charge in [-0.3, -0.25) is 0 Å². The van der Waals surface area contributed by atoms with Crippen molar-refractivity contribution >= 4 is 51.2 Å². The van der Waals surface area contributed by atoms with Crippen LogP contribution in [0.1, 0.15) is 13.8 Å². The van der Waals surface area contributed by atoms with Crippen LogP contribution in [0.2, 0.25) is 0 Å². The van der Waals surface area contributed by atoms with Crippen molar-refractivity contribution in [3.63, 3.8) is 0 Å². The summed E-state index contributed by atoms with van der Waals surface area (Å²) in [4.78, 5) is 0. The van der Waals surface area contributed by atoms with Gasteiger partial charge in [0.2, 0.25) is 10.0 Å². The summed E-state index contributed by atoms with van der Waals surface area (Å²) < 4.78 is 23.4. The van der Waals surface area contributed by atoms with Crippen LogP contribution in [0.25, 0.3) is 0 Å². The van der Waals surface area contributed by atoms with Gasteiger partial charge in [0.15, 0.2) is 0 Å². The summed E-state index contributed by atoms with van der Waals surface area (Å²) in [5.41, 5.74) is 0. The van der Waals surface area contributed by atoms with E-state index in [1.54, 1.807) is 13.8 Å². The predicted molar refractivity (Wildman–Crippen MR) is 43.7 cm³/mol. The number of rotatable bonds is 3. The summed E-state index contributed by atoms with van der Waals surface area (Å²) in [6.07, 6.45) is 0. The molecule has 0 aromatic heterocycles. The fraction of sp³-hybridized carbons (Fsp3) is 1.00. The quantitative estimate of drug-likeness (QED) is 0.513. The van der Waals surface area contributed by atoms with Crippen molar-refractivity contribution in [2.24, 2.45) is 0 Å². The minimum absolute atomic E-state index is 0. The van der Waals surface area contributed by atoms with Gasteiger partial charge >= 0.3 is 0 Å². The average molecular weight is 195 g/mol. The van der Waals surface area contributed by atoms with E-state index in [1.807, 2.05) is 0 Å². The largest absolute Gasteiger partial charge is 0.225 e. The predicted octanol–water partition coefficient (Wildman–Crippen LogP) is 0.130. The zero-order valence-corrected chi connectivity index (χ0v) is 9.96. The van der Waals surface area contributed by atoms with Crippen molar-refractivity contribution in [1.29, 1.82) is 0 Å². The van der Waals surface area contributed by atoms with E-state index in [0.717, 1.165) is 0 Å². The zero-order chi connectivity index (χ0) is 7.49. The molecule has 3 nitrogen and oxygen atoms in total. The normalized spacial score (nSPS) is 11.2. The zero-order valence-electron chi connectivity index (χ0n) is 6.39. The molecule has 0 spiro atoms. The molecule has 0 atom stereocenters. The Labute approximate surface area is 88.9 Å². The van der Waals surface area contributed by atoms with Gasteiger partial charge < -0.3 is 0 Å². The maximum Gasteiger partial charge on any atom is 0.225 e. The van der Waals surface area contributed by atoms with Crippen molar-refractivity contribution in [2.45, 2.75) is 19.9 Å². The fourth-order valence-electron chi connectivity index (χ4n) is 0.391. The summed E-state index contributed by atoms with van der Waals surface area (Å²) in [6, 6.07) is -0.0752. The first-order valence-corrected chi connectivity index (χ1v) is 4.72. The van der Waals surface area contributed by atoms with Crippen LogP contribution in [0, 0.1) is 0 Å². The molecule has 0 aromatic rings. The molecule has 0 unspecified atom stereocenters. The Morgan fingerprint density at radius 3 is 2.00 bits per heavy atom. The third-order valence-electron chi connectivity index (χ3n) is 0.559. The van der Waals surface area contributed by atoms with Gasteiger partial charge in [-0.2, -0.15) is 0 Å². The Hall–Kier alpha value is 1.20. The fourth-order valence-corrected chi connectivity index (χ4v) is 1.36. The molecule has 0 fully saturated rings. The third kappa shape index (κ3) is 7.31. The number of halogens is 1. The van der Waals surface area contributed by atoms with E-state index in [1.165, 1.54) is 0 Å². The first-order valence-electron chi connectivity index (χ1n) is 2.54. The first kappa shape index (κ1) is 13.8. The Morgan fingerprint density at radius 2 is 1.90 bits per heavy atom. The molecule has 0 aliphatic heterocycles. The summed E-state index contributed by atoms with van der Waals surface area (Å²) in [5, 5.41) is -0.370. The minimum Gasteiger partial charge on any atom is -0.212 e. The van der Waals surface area contributed by atoms with Crippen molar-refractivity contribution in [2.75, 3.05) is 5.21 Å². The van der Waals surface area contributed by atoms with E-state index in [0.29, 0.717) is 0 Å². The molecule has 0 aliphatic carbocycles. The van der Waals surface area contributed by atoms with Gasteiger partial charge in [-0.1, -0.05) is 0 Å². The summed E-state index contributed by atoms with van der Waals surface area (Å²) in [6.45, 7) is 3.48. The van der Waals surface area contributed by atoms with Crippen molar-refractivity contribution in [3.8, 4) is 0 Å². The number of hydrogen-bond acceptors (Lipinski definition) is 2. The first-order chi connectivity index (χ1) is 3.98. The molecule has 0 saturated carbocycles. The van der Waals surface area contributed by atoms with E-state index in [-0.39, 0.29) is 40.8 Å². The van der Waals surface area contributed by atoms with E-state index in [4.69, 9.17) is 11.6 Å². The van der Waals surface area contributed by atoms with Crippen LogP contribution >= 0.6 is 11.6 Å². The van der Waals surface area contributed by atoms with Gasteiger partial charge in [-0.15, -0.1) is 11.6 Å². The molecule has 0 aliphatic rings. The van der Waals surface area contributed by atoms with Crippen LogP contribution in [-0.4, -0.2) is 49.2 Å². The number of alkyl halides is 1. The van der Waals surface area contributed by atoms with Crippen molar-refractivity contribution < 1.29 is 8.42 Å². The number of hydrogen-bond donors (Lipinski definition) is 1. The Bertz CT molecular complexity index is 168. The van der Waals surface area contributed by atoms with Crippen molar-refractivity contribution in [1.82, 2.24) is 4.72 Å². The second kappa shape index (κ2) is 5.80. The van der Waals surface area contributed by atoms with Crippen LogP contribution < -0.4 is 4.72 Å². The monoisotopic (exact) mass is 194 g/mol. The molecule has 0 saturated heterocycles. The number of sulfonamides is 1. The van der Waals surface area contributed by atoms with Crippen LogP contribution in [0.3, 0.4) is 0 Å². The third-order valence-corrected chi connectivity index (χ3v) is 2.54. The molecule has 0 rings (SSSR count). The summed E-state index contributed by atoms with van der Waals surface area (Å²) in [5.74, 6) is 0. The summed E-state index contributed by atoms with van der Waals surface area (Å²) >= 11 is 5.09. The second-order valence-corrected chi connectivity index (χ2v) is 4.33. The van der Waals surface area contributed by atoms with Gasteiger partial charge in [0, 0.05) is 35.6 Å². The maximum atomic E-state index is 10.6. The Kier molecular flexibility index (Phi) is 7.99. The molecule has 0 aromatic carbocycles. The SMILES string of the molecule is CC(C)NS(=O)(=O)CCl.[Na]. The van der Waals surface area contributed by atoms with E-state index < -0.39 is 10.0 Å². The maximum absolute atomic E-state index is 10.6. The number of nitrogens with one attached hydrogen (secondary N) is 1. The van der Waals surface area contributed by atoms with Gasteiger partial charge in [-0.05, 0) is 13.8 Å². The Morgan fingerprint density at radius 1 is 1.50 bits per heavy atom. The molecule has 0 heterocycles. The molecule has 10 heavy (non-hydrogen) atoms. The van der Waals surface area contributed by atoms with Gasteiger partial charge in [-0.25, -0.2) is 13.1 Å². The molecule has 0 bridgehead atoms. The smallest absolute Gasteiger partial charge is 0.212 e. The molecule has 57 valence electrons. The molecule has 0 amide bonds. The van der Waals surface area contributed by atoms with Crippen LogP contribution in [0.15, 0.2) is 0 Å². The van der Waals surface area contributed by atoms with E-state index >= 15 is 0 Å². The van der Waals surface area contributed by atoms with Gasteiger partial charge in [0.1, 0.15) is 5.21 Å². The average Bonchev–Trinajstić information content (AvgIpc) is 1.63. The minimum atomic E-state index is -3.20. The molecule has 1 N–H and O–H groups in total. The van der Waals surface area contributed by atoms with E-state index in [9.17, 15) is 8.42 Å². The Balaban J connectivity index is 0. The standard InChI is InChI=1S/C4H10ClNO2S.Na/c1-4(2)6-9(7,8)3-5;/h4,6H,3H2,1-2H3;.